The fourth-order valence-corrected chi connectivity index (χ4v) is 3.40. The first kappa shape index (κ1) is 23.1. The molecule has 166 valence electrons. The van der Waals surface area contributed by atoms with Crippen molar-refractivity contribution in [2.24, 2.45) is 0 Å². The highest BCUT2D eigenvalue weighted by molar-refractivity contribution is 6.33. The van der Waals surface area contributed by atoms with Gasteiger partial charge in [0.2, 0.25) is 5.88 Å². The van der Waals surface area contributed by atoms with E-state index < -0.39 is 30.4 Å². The predicted octanol–water partition coefficient (Wildman–Crippen LogP) is 4.07. The minimum absolute atomic E-state index is 0.00273. The molecule has 1 aromatic carbocycles. The van der Waals surface area contributed by atoms with Crippen LogP contribution in [-0.2, 0) is 0 Å². The zero-order valence-electron chi connectivity index (χ0n) is 15.8. The van der Waals surface area contributed by atoms with Crippen molar-refractivity contribution in [1.29, 1.82) is 0 Å². The number of carbonyl (C=O) groups excluding carboxylic acids is 2. The van der Waals surface area contributed by atoms with Gasteiger partial charge in [-0.15, -0.1) is 0 Å². The van der Waals surface area contributed by atoms with Gasteiger partial charge >= 0.3 is 6.18 Å². The van der Waals surface area contributed by atoms with Gasteiger partial charge in [0.1, 0.15) is 10.8 Å². The number of ether oxygens (including phenoxy) is 1. The van der Waals surface area contributed by atoms with Gasteiger partial charge in [-0.05, 0) is 24.3 Å². The van der Waals surface area contributed by atoms with Gasteiger partial charge in [0, 0.05) is 32.4 Å². The Labute approximate surface area is 184 Å². The van der Waals surface area contributed by atoms with E-state index in [4.69, 9.17) is 23.2 Å². The molecule has 1 aliphatic rings. The molecule has 1 aromatic heterocycles. The number of benzene rings is 1. The van der Waals surface area contributed by atoms with Crippen molar-refractivity contribution in [3.8, 4) is 5.88 Å². The molecule has 1 saturated heterocycles. The Kier molecular flexibility index (Phi) is 6.90. The number of alkyl halides is 3. The van der Waals surface area contributed by atoms with E-state index in [0.29, 0.717) is 0 Å². The van der Waals surface area contributed by atoms with Crippen LogP contribution in [0.15, 0.2) is 30.5 Å². The average Bonchev–Trinajstić information content (AvgIpc) is 2.71. The Bertz CT molecular complexity index is 996. The summed E-state index contributed by atoms with van der Waals surface area (Å²) in [4.78, 5) is 31.9. The zero-order valence-corrected chi connectivity index (χ0v) is 17.3. The number of amides is 2. The Morgan fingerprint density at radius 1 is 1.00 bits per heavy atom. The maximum absolute atomic E-state index is 13.2. The quantitative estimate of drug-likeness (QED) is 0.620. The van der Waals surface area contributed by atoms with Crippen molar-refractivity contribution >= 4 is 35.0 Å². The normalized spacial score (nSPS) is 14.5. The number of halogens is 6. The number of aromatic nitrogens is 1. The van der Waals surface area contributed by atoms with E-state index in [-0.39, 0.29) is 53.3 Å². The molecule has 31 heavy (non-hydrogen) atoms. The second-order valence-electron chi connectivity index (χ2n) is 6.62. The Morgan fingerprint density at radius 3 is 2.16 bits per heavy atom. The molecule has 0 spiro atoms. The van der Waals surface area contributed by atoms with Gasteiger partial charge < -0.3 is 14.5 Å². The Morgan fingerprint density at radius 2 is 1.61 bits per heavy atom. The van der Waals surface area contributed by atoms with E-state index in [9.17, 15) is 27.2 Å². The van der Waals surface area contributed by atoms with Crippen molar-refractivity contribution in [2.75, 3.05) is 32.8 Å². The molecule has 1 fully saturated rings. The molecule has 6 nitrogen and oxygen atoms in total. The maximum atomic E-state index is 13.2. The van der Waals surface area contributed by atoms with E-state index >= 15 is 0 Å². The number of rotatable bonds is 4. The molecule has 2 amide bonds. The molecule has 0 aliphatic carbocycles. The molecule has 0 unspecified atom stereocenters. The van der Waals surface area contributed by atoms with E-state index in [0.717, 1.165) is 18.3 Å². The van der Waals surface area contributed by atoms with Crippen LogP contribution in [0.1, 0.15) is 20.7 Å². The second kappa shape index (κ2) is 9.27. The molecular weight excluding hydrogens is 465 g/mol. The van der Waals surface area contributed by atoms with Gasteiger partial charge in [-0.1, -0.05) is 23.2 Å². The number of hydrogen-bond acceptors (Lipinski definition) is 4. The predicted molar refractivity (Wildman–Crippen MR) is 104 cm³/mol. The minimum Gasteiger partial charge on any atom is -0.467 e. The van der Waals surface area contributed by atoms with Crippen LogP contribution < -0.4 is 4.74 Å². The lowest BCUT2D eigenvalue weighted by molar-refractivity contribution is -0.154. The van der Waals surface area contributed by atoms with Gasteiger partial charge in [0.15, 0.2) is 6.61 Å². The highest BCUT2D eigenvalue weighted by Gasteiger charge is 2.30. The number of nitrogens with zero attached hydrogens (tertiary/aromatic N) is 3. The van der Waals surface area contributed by atoms with Crippen molar-refractivity contribution in [2.45, 2.75) is 6.18 Å². The highest BCUT2D eigenvalue weighted by atomic mass is 35.5. The van der Waals surface area contributed by atoms with Crippen LogP contribution in [0.4, 0.5) is 17.6 Å². The minimum atomic E-state index is -4.55. The van der Waals surface area contributed by atoms with Crippen LogP contribution in [0, 0.1) is 5.82 Å². The Balaban J connectivity index is 1.61. The molecule has 0 saturated carbocycles. The lowest BCUT2D eigenvalue weighted by Crippen LogP contribution is -2.50. The SMILES string of the molecule is O=C(c1cnc(OCC(F)(F)F)c(Cl)c1)N1CCN(C(=O)c2ccc(F)cc2Cl)CC1. The van der Waals surface area contributed by atoms with Crippen molar-refractivity contribution in [3.63, 3.8) is 0 Å². The summed E-state index contributed by atoms with van der Waals surface area (Å²) in [6.45, 7) is -0.722. The monoisotopic (exact) mass is 479 g/mol. The van der Waals surface area contributed by atoms with Crippen molar-refractivity contribution < 1.29 is 31.9 Å². The first-order valence-corrected chi connectivity index (χ1v) is 9.69. The third-order valence-corrected chi connectivity index (χ3v) is 5.03. The number of pyridine rings is 1. The first-order chi connectivity index (χ1) is 14.5. The summed E-state index contributed by atoms with van der Waals surface area (Å²) in [5, 5.41) is -0.230. The van der Waals surface area contributed by atoms with E-state index in [1.807, 2.05) is 0 Å². The van der Waals surface area contributed by atoms with E-state index in [2.05, 4.69) is 9.72 Å². The number of carbonyl (C=O) groups is 2. The molecule has 3 rings (SSSR count). The molecule has 0 bridgehead atoms. The molecule has 1 aliphatic heterocycles. The fraction of sp³-hybridized carbons (Fsp3) is 0.316. The average molecular weight is 480 g/mol. The summed E-state index contributed by atoms with van der Waals surface area (Å²) in [5.41, 5.74) is 0.235. The van der Waals surface area contributed by atoms with E-state index in [1.165, 1.54) is 21.9 Å². The molecule has 0 N–H and O–H groups in total. The summed E-state index contributed by atoms with van der Waals surface area (Å²) >= 11 is 11.8. The van der Waals surface area contributed by atoms with Gasteiger partial charge in [0.25, 0.3) is 11.8 Å². The van der Waals surface area contributed by atoms with E-state index in [1.54, 1.807) is 0 Å². The van der Waals surface area contributed by atoms with Crippen LogP contribution >= 0.6 is 23.2 Å². The van der Waals surface area contributed by atoms with Crippen LogP contribution in [0.2, 0.25) is 10.0 Å². The van der Waals surface area contributed by atoms with Crippen LogP contribution in [0.25, 0.3) is 0 Å². The fourth-order valence-electron chi connectivity index (χ4n) is 2.93. The van der Waals surface area contributed by atoms with Crippen LogP contribution in [-0.4, -0.2) is 65.6 Å². The standard InChI is InChI=1S/C19H15Cl2F4N3O3/c20-14-8-12(22)1-2-13(14)18(30)28-5-3-27(4-6-28)17(29)11-7-15(21)16(26-9-11)31-10-19(23,24)25/h1-2,7-9H,3-6,10H2. The molecule has 12 heteroatoms. The van der Waals surface area contributed by atoms with Gasteiger partial charge in [-0.3, -0.25) is 9.59 Å². The third-order valence-electron chi connectivity index (χ3n) is 4.44. The Hall–Kier alpha value is -2.59. The molecule has 2 heterocycles. The van der Waals surface area contributed by atoms with Gasteiger partial charge in [-0.25, -0.2) is 9.37 Å². The molecule has 0 radical (unpaired) electrons. The summed E-state index contributed by atoms with van der Waals surface area (Å²) in [7, 11) is 0. The smallest absolute Gasteiger partial charge is 0.422 e. The largest absolute Gasteiger partial charge is 0.467 e. The topological polar surface area (TPSA) is 62.7 Å². The highest BCUT2D eigenvalue weighted by Crippen LogP contribution is 2.26. The zero-order chi connectivity index (χ0) is 22.8. The summed E-state index contributed by atoms with van der Waals surface area (Å²) in [6, 6.07) is 4.66. The molecule has 0 atom stereocenters. The van der Waals surface area contributed by atoms with Crippen molar-refractivity contribution in [1.82, 2.24) is 14.8 Å². The third kappa shape index (κ3) is 5.76. The van der Waals surface area contributed by atoms with Crippen LogP contribution in [0.3, 0.4) is 0 Å². The molecule has 2 aromatic rings. The molecular formula is C19H15Cl2F4N3O3. The second-order valence-corrected chi connectivity index (χ2v) is 7.44. The van der Waals surface area contributed by atoms with Crippen molar-refractivity contribution in [3.05, 3.63) is 57.5 Å². The van der Waals surface area contributed by atoms with Gasteiger partial charge in [-0.2, -0.15) is 13.2 Å². The number of hydrogen-bond donors (Lipinski definition) is 0. The van der Waals surface area contributed by atoms with Crippen LogP contribution in [0.5, 0.6) is 5.88 Å². The lowest BCUT2D eigenvalue weighted by atomic mass is 10.1. The summed E-state index contributed by atoms with van der Waals surface area (Å²) in [5.74, 6) is -1.81. The number of piperazine rings is 1. The lowest BCUT2D eigenvalue weighted by Gasteiger charge is -2.35. The maximum Gasteiger partial charge on any atom is 0.422 e. The first-order valence-electron chi connectivity index (χ1n) is 8.94. The van der Waals surface area contributed by atoms with Gasteiger partial charge in [0.05, 0.1) is 16.1 Å². The summed E-state index contributed by atoms with van der Waals surface area (Å²) < 4.78 is 54.4. The summed E-state index contributed by atoms with van der Waals surface area (Å²) in [6.07, 6.45) is -3.47.